The minimum atomic E-state index is -0.425. The van der Waals surface area contributed by atoms with Gasteiger partial charge in [-0.05, 0) is 6.07 Å². The molecule has 1 heterocycles. The number of nitro groups is 1. The van der Waals surface area contributed by atoms with Crippen LogP contribution in [0.25, 0.3) is 0 Å². The maximum atomic E-state index is 10.8. The van der Waals surface area contributed by atoms with Crippen LogP contribution < -0.4 is 5.32 Å². The molecule has 0 aliphatic carbocycles. The number of nitro benzene ring substituents is 1. The SMILES string of the molecule is O=[N+]([O-])c1ccccc1NCC1(CO)COC1. The first-order valence-electron chi connectivity index (χ1n) is 5.33. The van der Waals surface area contributed by atoms with Crippen molar-refractivity contribution in [3.05, 3.63) is 34.4 Å². The van der Waals surface area contributed by atoms with Crippen LogP contribution in [0.2, 0.25) is 0 Å². The van der Waals surface area contributed by atoms with Gasteiger partial charge in [0.05, 0.1) is 30.2 Å². The highest BCUT2D eigenvalue weighted by molar-refractivity contribution is 5.61. The van der Waals surface area contributed by atoms with Crippen LogP contribution >= 0.6 is 0 Å². The van der Waals surface area contributed by atoms with Gasteiger partial charge in [-0.25, -0.2) is 0 Å². The van der Waals surface area contributed by atoms with Crippen molar-refractivity contribution < 1.29 is 14.8 Å². The minimum absolute atomic E-state index is 0.0145. The summed E-state index contributed by atoms with van der Waals surface area (Å²) in [5, 5.41) is 23.0. The summed E-state index contributed by atoms with van der Waals surface area (Å²) in [6.07, 6.45) is 0. The van der Waals surface area contributed by atoms with E-state index in [4.69, 9.17) is 4.74 Å². The average Bonchev–Trinajstić information content (AvgIpc) is 2.28. The molecule has 6 heteroatoms. The fourth-order valence-electron chi connectivity index (χ4n) is 1.71. The van der Waals surface area contributed by atoms with E-state index in [2.05, 4.69) is 5.32 Å². The minimum Gasteiger partial charge on any atom is -0.396 e. The molecular weight excluding hydrogens is 224 g/mol. The zero-order chi connectivity index (χ0) is 12.3. The highest BCUT2D eigenvalue weighted by Crippen LogP contribution is 2.29. The van der Waals surface area contributed by atoms with E-state index in [1.54, 1.807) is 18.2 Å². The Balaban J connectivity index is 2.06. The first-order chi connectivity index (χ1) is 8.17. The number of aliphatic hydroxyl groups excluding tert-OH is 1. The van der Waals surface area contributed by atoms with Crippen molar-refractivity contribution in [1.82, 2.24) is 0 Å². The third-order valence-corrected chi connectivity index (χ3v) is 2.91. The zero-order valence-electron chi connectivity index (χ0n) is 9.26. The van der Waals surface area contributed by atoms with Crippen molar-refractivity contribution in [2.24, 2.45) is 5.41 Å². The Morgan fingerprint density at radius 2 is 2.18 bits per heavy atom. The van der Waals surface area contributed by atoms with Crippen LogP contribution in [0, 0.1) is 15.5 Å². The second kappa shape index (κ2) is 4.68. The summed E-state index contributed by atoms with van der Waals surface area (Å²) in [5.41, 5.74) is 0.210. The van der Waals surface area contributed by atoms with Gasteiger partial charge < -0.3 is 15.2 Å². The molecule has 0 spiro atoms. The Morgan fingerprint density at radius 1 is 1.47 bits per heavy atom. The topological polar surface area (TPSA) is 84.6 Å². The van der Waals surface area contributed by atoms with E-state index < -0.39 is 4.92 Å². The predicted octanol–water partition coefficient (Wildman–Crippen LogP) is 1.02. The van der Waals surface area contributed by atoms with E-state index >= 15 is 0 Å². The molecule has 0 amide bonds. The molecule has 1 fully saturated rings. The number of aliphatic hydroxyl groups is 1. The zero-order valence-corrected chi connectivity index (χ0v) is 9.26. The largest absolute Gasteiger partial charge is 0.396 e. The number of anilines is 1. The van der Waals surface area contributed by atoms with Crippen molar-refractivity contribution >= 4 is 11.4 Å². The molecule has 6 nitrogen and oxygen atoms in total. The molecule has 1 aliphatic rings. The molecule has 2 N–H and O–H groups in total. The molecule has 1 saturated heterocycles. The molecule has 1 aromatic carbocycles. The van der Waals surface area contributed by atoms with Gasteiger partial charge in [0.25, 0.3) is 5.69 Å². The number of hydrogen-bond acceptors (Lipinski definition) is 5. The van der Waals surface area contributed by atoms with Crippen LogP contribution in [-0.4, -0.2) is 36.4 Å². The fourth-order valence-corrected chi connectivity index (χ4v) is 1.71. The highest BCUT2D eigenvalue weighted by atomic mass is 16.6. The third kappa shape index (κ3) is 2.37. The third-order valence-electron chi connectivity index (χ3n) is 2.91. The number of rotatable bonds is 5. The quantitative estimate of drug-likeness (QED) is 0.591. The summed E-state index contributed by atoms with van der Waals surface area (Å²) in [5.74, 6) is 0. The van der Waals surface area contributed by atoms with Crippen molar-refractivity contribution in [2.75, 3.05) is 31.7 Å². The summed E-state index contributed by atoms with van der Waals surface area (Å²) in [7, 11) is 0. The molecule has 92 valence electrons. The van der Waals surface area contributed by atoms with Gasteiger partial charge in [-0.15, -0.1) is 0 Å². The van der Waals surface area contributed by atoms with Gasteiger partial charge in [0.1, 0.15) is 5.69 Å². The number of para-hydroxylation sites is 2. The van der Waals surface area contributed by atoms with E-state index in [9.17, 15) is 15.2 Å². The van der Waals surface area contributed by atoms with Crippen LogP contribution in [-0.2, 0) is 4.74 Å². The smallest absolute Gasteiger partial charge is 0.292 e. The molecular formula is C11H14N2O4. The van der Waals surface area contributed by atoms with Crippen LogP contribution in [0.15, 0.2) is 24.3 Å². The normalized spacial score (nSPS) is 17.2. The lowest BCUT2D eigenvalue weighted by Gasteiger charge is -2.40. The van der Waals surface area contributed by atoms with E-state index in [1.807, 2.05) is 0 Å². The lowest BCUT2D eigenvalue weighted by Crippen LogP contribution is -2.50. The maximum Gasteiger partial charge on any atom is 0.292 e. The average molecular weight is 238 g/mol. The summed E-state index contributed by atoms with van der Waals surface area (Å²) in [6, 6.07) is 6.46. The van der Waals surface area contributed by atoms with Gasteiger partial charge in [-0.1, -0.05) is 12.1 Å². The van der Waals surface area contributed by atoms with E-state index in [0.717, 1.165) is 0 Å². The van der Waals surface area contributed by atoms with Crippen molar-refractivity contribution in [3.8, 4) is 0 Å². The van der Waals surface area contributed by atoms with Gasteiger partial charge >= 0.3 is 0 Å². The Hall–Kier alpha value is -1.66. The van der Waals surface area contributed by atoms with Crippen LogP contribution in [0.4, 0.5) is 11.4 Å². The van der Waals surface area contributed by atoms with Crippen molar-refractivity contribution in [3.63, 3.8) is 0 Å². The molecule has 0 radical (unpaired) electrons. The van der Waals surface area contributed by atoms with Gasteiger partial charge in [0.15, 0.2) is 0 Å². The molecule has 0 bridgehead atoms. The van der Waals surface area contributed by atoms with E-state index in [0.29, 0.717) is 25.4 Å². The predicted molar refractivity (Wildman–Crippen MR) is 61.9 cm³/mol. The lowest BCUT2D eigenvalue weighted by molar-refractivity contribution is -0.384. The molecule has 0 atom stereocenters. The van der Waals surface area contributed by atoms with Crippen molar-refractivity contribution in [2.45, 2.75) is 0 Å². The second-order valence-electron chi connectivity index (χ2n) is 4.28. The van der Waals surface area contributed by atoms with Crippen LogP contribution in [0.1, 0.15) is 0 Å². The lowest BCUT2D eigenvalue weighted by atomic mass is 9.87. The van der Waals surface area contributed by atoms with Gasteiger partial charge in [0, 0.05) is 12.6 Å². The van der Waals surface area contributed by atoms with Gasteiger partial charge in [-0.3, -0.25) is 10.1 Å². The van der Waals surface area contributed by atoms with Gasteiger partial charge in [0.2, 0.25) is 0 Å². The van der Waals surface area contributed by atoms with Crippen LogP contribution in [0.5, 0.6) is 0 Å². The fraction of sp³-hybridized carbons (Fsp3) is 0.455. The standard InChI is InChI=1S/C11H14N2O4/c14-6-11(7-17-8-11)5-12-9-3-1-2-4-10(9)13(15)16/h1-4,12,14H,5-8H2. The van der Waals surface area contributed by atoms with E-state index in [-0.39, 0.29) is 17.7 Å². The number of benzene rings is 1. The summed E-state index contributed by atoms with van der Waals surface area (Å²) in [4.78, 5) is 10.4. The van der Waals surface area contributed by atoms with Crippen LogP contribution in [0.3, 0.4) is 0 Å². The Morgan fingerprint density at radius 3 is 2.71 bits per heavy atom. The number of nitrogens with one attached hydrogen (secondary N) is 1. The molecule has 1 aromatic rings. The molecule has 0 saturated carbocycles. The van der Waals surface area contributed by atoms with Crippen molar-refractivity contribution in [1.29, 1.82) is 0 Å². The summed E-state index contributed by atoms with van der Waals surface area (Å²) < 4.78 is 5.06. The molecule has 17 heavy (non-hydrogen) atoms. The number of ether oxygens (including phenoxy) is 1. The molecule has 2 rings (SSSR count). The van der Waals surface area contributed by atoms with Gasteiger partial charge in [-0.2, -0.15) is 0 Å². The monoisotopic (exact) mass is 238 g/mol. The Bertz CT molecular complexity index is 412. The van der Waals surface area contributed by atoms with E-state index in [1.165, 1.54) is 6.07 Å². The summed E-state index contributed by atoms with van der Waals surface area (Å²) in [6.45, 7) is 1.45. The molecule has 0 unspecified atom stereocenters. The second-order valence-corrected chi connectivity index (χ2v) is 4.28. The molecule has 0 aromatic heterocycles. The highest BCUT2D eigenvalue weighted by Gasteiger charge is 2.38. The number of nitrogens with zero attached hydrogens (tertiary/aromatic N) is 1. The maximum absolute atomic E-state index is 10.8. The number of hydrogen-bond donors (Lipinski definition) is 2. The summed E-state index contributed by atoms with van der Waals surface area (Å²) >= 11 is 0. The Kier molecular flexibility index (Phi) is 3.26. The first kappa shape index (κ1) is 11.8. The first-order valence-corrected chi connectivity index (χ1v) is 5.33. The Labute approximate surface area is 98.4 Å². The molecule has 1 aliphatic heterocycles.